The predicted octanol–water partition coefficient (Wildman–Crippen LogP) is 6.79. The lowest BCUT2D eigenvalue weighted by molar-refractivity contribution is 0.269. The molecule has 1 N–H and O–H groups in total. The van der Waals surface area contributed by atoms with Gasteiger partial charge in [0, 0.05) is 0 Å². The van der Waals surface area contributed by atoms with Gasteiger partial charge in [-0.25, -0.2) is 0 Å². The van der Waals surface area contributed by atoms with Crippen LogP contribution in [0.1, 0.15) is 106 Å². The van der Waals surface area contributed by atoms with Crippen molar-refractivity contribution in [3.8, 4) is 0 Å². The first-order valence-corrected chi connectivity index (χ1v) is 10.5. The molecule has 0 bridgehead atoms. The van der Waals surface area contributed by atoms with Crippen LogP contribution in [0, 0.1) is 0 Å². The van der Waals surface area contributed by atoms with E-state index in [9.17, 15) is 0 Å². The van der Waals surface area contributed by atoms with E-state index >= 15 is 0 Å². The minimum atomic E-state index is -0.540. The topological polar surface area (TPSA) is 46.0 Å². The zero-order valence-electron chi connectivity index (χ0n) is 17.5. The summed E-state index contributed by atoms with van der Waals surface area (Å²) in [6, 6.07) is 0. The first-order chi connectivity index (χ1) is 11.7. The lowest BCUT2D eigenvalue weighted by Crippen LogP contribution is -2.42. The van der Waals surface area contributed by atoms with E-state index in [0.717, 1.165) is 6.42 Å². The molecule has 0 aliphatic heterocycles. The maximum Gasteiger partial charge on any atom is 0.258 e. The van der Waals surface area contributed by atoms with E-state index in [4.69, 9.17) is 17.0 Å². The summed E-state index contributed by atoms with van der Waals surface area (Å²) in [5, 5.41) is 12.1. The Morgan fingerprint density at radius 2 is 1.28 bits per heavy atom. The molecule has 0 spiro atoms. The Hall–Kier alpha value is -0.710. The van der Waals surface area contributed by atoms with Crippen LogP contribution in [-0.2, 0) is 4.74 Å². The Labute approximate surface area is 161 Å². The molecule has 0 rings (SSSR count). The van der Waals surface area contributed by atoms with Gasteiger partial charge >= 0.3 is 0 Å². The molecule has 4 nitrogen and oxygen atoms in total. The van der Waals surface area contributed by atoms with Crippen molar-refractivity contribution in [2.45, 2.75) is 117 Å². The lowest BCUT2D eigenvalue weighted by atomic mass is 10.1. The van der Waals surface area contributed by atoms with Crippen molar-refractivity contribution >= 4 is 17.4 Å². The minimum absolute atomic E-state index is 0.183. The molecule has 0 aliphatic rings. The van der Waals surface area contributed by atoms with Gasteiger partial charge in [0.2, 0.25) is 0 Å². The monoisotopic (exact) mass is 371 g/mol. The lowest BCUT2D eigenvalue weighted by Gasteiger charge is -2.23. The molecular weight excluding hydrogens is 330 g/mol. The van der Waals surface area contributed by atoms with Crippen molar-refractivity contribution < 1.29 is 4.74 Å². The Kier molecular flexibility index (Phi) is 13.1. The van der Waals surface area contributed by atoms with Gasteiger partial charge < -0.3 is 10.1 Å². The number of unbranched alkanes of at least 4 members (excludes halogenated alkanes) is 9. The summed E-state index contributed by atoms with van der Waals surface area (Å²) < 4.78 is 5.60. The summed E-state index contributed by atoms with van der Waals surface area (Å²) in [4.78, 5) is 0. The minimum Gasteiger partial charge on any atom is -0.471 e. The first kappa shape index (κ1) is 24.3. The second-order valence-electron chi connectivity index (χ2n) is 8.37. The molecule has 0 aliphatic carbocycles. The van der Waals surface area contributed by atoms with E-state index in [1.54, 1.807) is 0 Å². The Morgan fingerprint density at radius 1 is 0.800 bits per heavy atom. The van der Waals surface area contributed by atoms with Crippen LogP contribution in [0.5, 0.6) is 0 Å². The molecule has 0 radical (unpaired) electrons. The van der Waals surface area contributed by atoms with Gasteiger partial charge in [0.05, 0.1) is 12.1 Å². The van der Waals surface area contributed by atoms with Crippen molar-refractivity contribution in [1.29, 1.82) is 0 Å². The molecule has 0 aromatic carbocycles. The van der Waals surface area contributed by atoms with Crippen LogP contribution in [0.3, 0.4) is 0 Å². The fourth-order valence-electron chi connectivity index (χ4n) is 2.34. The summed E-state index contributed by atoms with van der Waals surface area (Å²) in [5.41, 5.74) is -0.723. The highest BCUT2D eigenvalue weighted by Crippen LogP contribution is 2.13. The number of rotatable bonds is 13. The van der Waals surface area contributed by atoms with Gasteiger partial charge in [-0.15, -0.1) is 0 Å². The second-order valence-corrected chi connectivity index (χ2v) is 8.74. The second kappa shape index (κ2) is 13.5. The molecule has 0 saturated heterocycles. The van der Waals surface area contributed by atoms with Gasteiger partial charge in [0.1, 0.15) is 5.66 Å². The summed E-state index contributed by atoms with van der Waals surface area (Å²) in [7, 11) is 0. The third kappa shape index (κ3) is 17.9. The molecule has 0 atom stereocenters. The van der Waals surface area contributed by atoms with Crippen molar-refractivity contribution in [3.05, 3.63) is 0 Å². The molecule has 25 heavy (non-hydrogen) atoms. The largest absolute Gasteiger partial charge is 0.471 e. The fourth-order valence-corrected chi connectivity index (χ4v) is 2.67. The zero-order valence-corrected chi connectivity index (χ0v) is 18.3. The maximum atomic E-state index is 5.60. The van der Waals surface area contributed by atoms with E-state index in [0.29, 0.717) is 11.8 Å². The Balaban J connectivity index is 3.62. The summed E-state index contributed by atoms with van der Waals surface area (Å²) >= 11 is 5.24. The van der Waals surface area contributed by atoms with E-state index in [-0.39, 0.29) is 5.54 Å². The highest BCUT2D eigenvalue weighted by Gasteiger charge is 2.19. The van der Waals surface area contributed by atoms with Crippen LogP contribution in [0.2, 0.25) is 0 Å². The van der Waals surface area contributed by atoms with Crippen molar-refractivity contribution in [3.63, 3.8) is 0 Å². The highest BCUT2D eigenvalue weighted by molar-refractivity contribution is 7.80. The van der Waals surface area contributed by atoms with Crippen LogP contribution in [0.4, 0.5) is 0 Å². The number of hydrogen-bond acceptors (Lipinski definition) is 4. The summed E-state index contributed by atoms with van der Waals surface area (Å²) in [6.45, 7) is 12.9. The van der Waals surface area contributed by atoms with Crippen LogP contribution in [0.15, 0.2) is 10.2 Å². The maximum absolute atomic E-state index is 5.60. The quantitative estimate of drug-likeness (QED) is 0.220. The molecular formula is C20H41N3OS. The van der Waals surface area contributed by atoms with E-state index < -0.39 is 5.66 Å². The Bertz CT molecular complexity index is 376. The van der Waals surface area contributed by atoms with Crippen LogP contribution in [0.25, 0.3) is 0 Å². The van der Waals surface area contributed by atoms with Crippen molar-refractivity contribution in [2.24, 2.45) is 10.2 Å². The number of thiocarbonyl (C=S) groups is 1. The molecule has 0 aromatic rings. The van der Waals surface area contributed by atoms with E-state index in [1.165, 1.54) is 57.8 Å². The summed E-state index contributed by atoms with van der Waals surface area (Å²) in [5.74, 6) is 0. The average molecular weight is 372 g/mol. The van der Waals surface area contributed by atoms with E-state index in [1.807, 2.05) is 34.6 Å². The fraction of sp³-hybridized carbons (Fsp3) is 0.950. The first-order valence-electron chi connectivity index (χ1n) is 10.1. The molecule has 0 saturated carbocycles. The van der Waals surface area contributed by atoms with E-state index in [2.05, 4.69) is 22.5 Å². The molecule has 148 valence electrons. The SMILES string of the molecule is CCCCCCCCCCCCOC(=S)NC(C)(C)N=NC(C)(C)C. The number of azo groups is 1. The smallest absolute Gasteiger partial charge is 0.258 e. The van der Waals surface area contributed by atoms with Crippen molar-refractivity contribution in [1.82, 2.24) is 5.32 Å². The highest BCUT2D eigenvalue weighted by atomic mass is 32.1. The van der Waals surface area contributed by atoms with Crippen LogP contribution >= 0.6 is 12.2 Å². The van der Waals surface area contributed by atoms with Gasteiger partial charge in [-0.1, -0.05) is 64.7 Å². The third-order valence-corrected chi connectivity index (χ3v) is 3.96. The third-order valence-electron chi connectivity index (χ3n) is 3.74. The number of nitrogens with one attached hydrogen (secondary N) is 1. The molecule has 0 heterocycles. The molecule has 5 heteroatoms. The van der Waals surface area contributed by atoms with Crippen molar-refractivity contribution in [2.75, 3.05) is 6.61 Å². The normalized spacial score (nSPS) is 12.6. The van der Waals surface area contributed by atoms with Gasteiger partial charge in [-0.3, -0.25) is 0 Å². The molecule has 0 amide bonds. The number of ether oxygens (including phenoxy) is 1. The van der Waals surface area contributed by atoms with Crippen LogP contribution in [-0.4, -0.2) is 23.0 Å². The zero-order chi connectivity index (χ0) is 19.2. The molecule has 0 aromatic heterocycles. The average Bonchev–Trinajstić information content (AvgIpc) is 2.50. The standard InChI is InChI=1S/C20H41N3OS/c1-7-8-9-10-11-12-13-14-15-16-17-24-18(25)21-20(5,6)23-22-19(2,3)4/h7-17H2,1-6H3,(H,21,25). The van der Waals surface area contributed by atoms with Gasteiger partial charge in [0.15, 0.2) is 0 Å². The van der Waals surface area contributed by atoms with Gasteiger partial charge in [0.25, 0.3) is 5.17 Å². The van der Waals surface area contributed by atoms with Crippen LogP contribution < -0.4 is 5.32 Å². The number of nitrogens with zero attached hydrogens (tertiary/aromatic N) is 2. The predicted molar refractivity (Wildman–Crippen MR) is 112 cm³/mol. The molecule has 0 fully saturated rings. The van der Waals surface area contributed by atoms with Gasteiger partial charge in [-0.2, -0.15) is 10.2 Å². The summed E-state index contributed by atoms with van der Waals surface area (Å²) in [6.07, 6.45) is 13.2. The van der Waals surface area contributed by atoms with Gasteiger partial charge in [-0.05, 0) is 53.3 Å². The molecule has 0 unspecified atom stereocenters. The number of hydrogen-bond donors (Lipinski definition) is 1. The Morgan fingerprint density at radius 3 is 1.76 bits per heavy atom.